The van der Waals surface area contributed by atoms with Gasteiger partial charge in [-0.25, -0.2) is 4.98 Å². The zero-order valence-electron chi connectivity index (χ0n) is 9.94. The van der Waals surface area contributed by atoms with Crippen molar-refractivity contribution in [2.24, 2.45) is 0 Å². The number of carbonyl (C=O) groups excluding carboxylic acids is 1. The van der Waals surface area contributed by atoms with Crippen LogP contribution < -0.4 is 0 Å². The molecular formula is C12H13N3O2S. The smallest absolute Gasteiger partial charge is 0.327 e. The molecule has 6 heteroatoms. The molecule has 0 aromatic carbocycles. The van der Waals surface area contributed by atoms with Crippen LogP contribution >= 0.6 is 11.3 Å². The Kier molecular flexibility index (Phi) is 4.25. The first kappa shape index (κ1) is 12.5. The van der Waals surface area contributed by atoms with E-state index >= 15 is 0 Å². The Labute approximate surface area is 109 Å². The van der Waals surface area contributed by atoms with E-state index in [4.69, 9.17) is 4.74 Å². The summed E-state index contributed by atoms with van der Waals surface area (Å²) in [4.78, 5) is 15.5. The van der Waals surface area contributed by atoms with E-state index in [0.717, 1.165) is 10.7 Å². The summed E-state index contributed by atoms with van der Waals surface area (Å²) in [7, 11) is 0. The lowest BCUT2D eigenvalue weighted by atomic mass is 10.3. The van der Waals surface area contributed by atoms with Crippen LogP contribution in [0.25, 0.3) is 12.2 Å². The van der Waals surface area contributed by atoms with Gasteiger partial charge in [0.1, 0.15) is 11.6 Å². The van der Waals surface area contributed by atoms with E-state index in [2.05, 4.69) is 10.1 Å². The van der Waals surface area contributed by atoms with Crippen LogP contribution in [0.1, 0.15) is 17.6 Å². The molecule has 0 fully saturated rings. The molecule has 2 rings (SSSR count). The van der Waals surface area contributed by atoms with Gasteiger partial charge in [0.2, 0.25) is 0 Å². The maximum atomic E-state index is 11.4. The van der Waals surface area contributed by atoms with Crippen molar-refractivity contribution in [3.63, 3.8) is 0 Å². The number of aromatic nitrogens is 3. The molecule has 0 radical (unpaired) electrons. The fourth-order valence-electron chi connectivity index (χ4n) is 1.42. The Morgan fingerprint density at radius 3 is 3.11 bits per heavy atom. The summed E-state index contributed by atoms with van der Waals surface area (Å²) >= 11 is 1.55. The summed E-state index contributed by atoms with van der Waals surface area (Å²) in [5.74, 6) is -0.287. The van der Waals surface area contributed by atoms with Gasteiger partial charge >= 0.3 is 5.97 Å². The van der Waals surface area contributed by atoms with Crippen molar-refractivity contribution in [2.45, 2.75) is 13.5 Å². The Balaban J connectivity index is 2.06. The number of ether oxygens (including phenoxy) is 1. The number of nitrogens with zero attached hydrogens (tertiary/aromatic N) is 3. The second-order valence-corrected chi connectivity index (χ2v) is 4.35. The van der Waals surface area contributed by atoms with Crippen LogP contribution in [0.15, 0.2) is 23.8 Å². The average Bonchev–Trinajstić information content (AvgIpc) is 2.97. The average molecular weight is 263 g/mol. The molecule has 2 aromatic heterocycles. The minimum Gasteiger partial charge on any atom is -0.465 e. The van der Waals surface area contributed by atoms with Crippen molar-refractivity contribution in [3.05, 3.63) is 34.5 Å². The molecule has 0 aliphatic heterocycles. The zero-order valence-corrected chi connectivity index (χ0v) is 10.8. The molecule has 18 heavy (non-hydrogen) atoms. The maximum absolute atomic E-state index is 11.4. The first-order valence-electron chi connectivity index (χ1n) is 5.54. The maximum Gasteiger partial charge on any atom is 0.327 e. The third kappa shape index (κ3) is 3.27. The fourth-order valence-corrected chi connectivity index (χ4v) is 1.95. The topological polar surface area (TPSA) is 57.0 Å². The molecule has 0 aliphatic carbocycles. The van der Waals surface area contributed by atoms with Crippen LogP contribution in [-0.4, -0.2) is 27.3 Å². The minimum atomic E-state index is -0.287. The highest BCUT2D eigenvalue weighted by molar-refractivity contribution is 7.10. The predicted molar refractivity (Wildman–Crippen MR) is 69.9 cm³/mol. The van der Waals surface area contributed by atoms with Crippen LogP contribution in [0.5, 0.6) is 0 Å². The van der Waals surface area contributed by atoms with E-state index in [1.807, 2.05) is 23.6 Å². The van der Waals surface area contributed by atoms with Crippen LogP contribution in [0.2, 0.25) is 0 Å². The summed E-state index contributed by atoms with van der Waals surface area (Å²) in [6.45, 7) is 2.28. The highest BCUT2D eigenvalue weighted by Gasteiger charge is 2.06. The van der Waals surface area contributed by atoms with Crippen molar-refractivity contribution < 1.29 is 9.53 Å². The molecule has 0 saturated carbocycles. The van der Waals surface area contributed by atoms with Crippen LogP contribution in [0.4, 0.5) is 0 Å². The largest absolute Gasteiger partial charge is 0.465 e. The first-order valence-corrected chi connectivity index (χ1v) is 6.42. The van der Waals surface area contributed by atoms with Gasteiger partial charge in [-0.2, -0.15) is 5.10 Å². The molecule has 0 unspecified atom stereocenters. The molecule has 2 aromatic rings. The van der Waals surface area contributed by atoms with E-state index in [9.17, 15) is 4.79 Å². The summed E-state index contributed by atoms with van der Waals surface area (Å²) in [6.07, 6.45) is 7.18. The monoisotopic (exact) mass is 263 g/mol. The minimum absolute atomic E-state index is 0.123. The van der Waals surface area contributed by atoms with Crippen LogP contribution in [0, 0.1) is 0 Å². The van der Waals surface area contributed by atoms with Crippen molar-refractivity contribution >= 4 is 29.5 Å². The van der Waals surface area contributed by atoms with Gasteiger partial charge in [-0.1, -0.05) is 0 Å². The second kappa shape index (κ2) is 6.11. The van der Waals surface area contributed by atoms with Crippen molar-refractivity contribution in [2.75, 3.05) is 6.61 Å². The Bertz CT molecular complexity index is 531. The van der Waals surface area contributed by atoms with E-state index < -0.39 is 0 Å². The number of rotatable bonds is 5. The molecule has 0 saturated heterocycles. The quantitative estimate of drug-likeness (QED) is 0.775. The first-order chi connectivity index (χ1) is 8.79. The number of thiazole rings is 1. The molecule has 94 valence electrons. The summed E-state index contributed by atoms with van der Waals surface area (Å²) in [5.41, 5.74) is 0.846. The van der Waals surface area contributed by atoms with E-state index in [0.29, 0.717) is 6.61 Å². The number of esters is 1. The van der Waals surface area contributed by atoms with Gasteiger partial charge in [0, 0.05) is 17.8 Å². The highest BCUT2D eigenvalue weighted by Crippen LogP contribution is 2.10. The van der Waals surface area contributed by atoms with Crippen LogP contribution in [-0.2, 0) is 16.1 Å². The molecule has 0 N–H and O–H groups in total. The molecule has 5 nitrogen and oxygen atoms in total. The summed E-state index contributed by atoms with van der Waals surface area (Å²) < 4.78 is 6.49. The van der Waals surface area contributed by atoms with E-state index in [1.165, 1.54) is 0 Å². The zero-order chi connectivity index (χ0) is 12.8. The highest BCUT2D eigenvalue weighted by atomic mass is 32.1. The second-order valence-electron chi connectivity index (χ2n) is 3.42. The van der Waals surface area contributed by atoms with Gasteiger partial charge in [0.25, 0.3) is 0 Å². The lowest BCUT2D eigenvalue weighted by Gasteiger charge is -2.03. The van der Waals surface area contributed by atoms with Gasteiger partial charge < -0.3 is 4.74 Å². The standard InChI is InChI=1S/C12H13N3O2S/c1-2-17-12(16)9-15-10(5-6-14-15)3-4-11-13-7-8-18-11/h3-8H,2,9H2,1H3/b4-3+. The van der Waals surface area contributed by atoms with E-state index in [-0.39, 0.29) is 12.5 Å². The Hall–Kier alpha value is -1.95. The van der Waals surface area contributed by atoms with Crippen molar-refractivity contribution in [3.8, 4) is 0 Å². The predicted octanol–water partition coefficient (Wildman–Crippen LogP) is 2.07. The number of carbonyl (C=O) groups is 1. The molecule has 0 amide bonds. The third-order valence-electron chi connectivity index (χ3n) is 2.18. The van der Waals surface area contributed by atoms with Gasteiger partial charge in [0.05, 0.1) is 12.3 Å². The van der Waals surface area contributed by atoms with Gasteiger partial charge in [-0.15, -0.1) is 11.3 Å². The molecule has 2 heterocycles. The van der Waals surface area contributed by atoms with Gasteiger partial charge in [-0.3, -0.25) is 9.48 Å². The number of hydrogen-bond acceptors (Lipinski definition) is 5. The molecular weight excluding hydrogens is 250 g/mol. The molecule has 0 bridgehead atoms. The molecule has 0 atom stereocenters. The SMILES string of the molecule is CCOC(=O)Cn1nccc1/C=C/c1nccs1. The van der Waals surface area contributed by atoms with Gasteiger partial charge in [-0.05, 0) is 25.1 Å². The third-order valence-corrected chi connectivity index (χ3v) is 2.92. The fraction of sp³-hybridized carbons (Fsp3) is 0.250. The van der Waals surface area contributed by atoms with E-state index in [1.54, 1.807) is 35.3 Å². The van der Waals surface area contributed by atoms with Crippen molar-refractivity contribution in [1.29, 1.82) is 0 Å². The molecule has 0 aliphatic rings. The normalized spacial score (nSPS) is 10.9. The van der Waals surface area contributed by atoms with Crippen molar-refractivity contribution in [1.82, 2.24) is 14.8 Å². The summed E-state index contributed by atoms with van der Waals surface area (Å²) in [5, 5.41) is 6.91. The molecule has 0 spiro atoms. The lowest BCUT2D eigenvalue weighted by Crippen LogP contribution is -2.15. The lowest BCUT2D eigenvalue weighted by molar-refractivity contribution is -0.144. The van der Waals surface area contributed by atoms with Gasteiger partial charge in [0.15, 0.2) is 0 Å². The number of hydrogen-bond donors (Lipinski definition) is 0. The Morgan fingerprint density at radius 2 is 2.39 bits per heavy atom. The summed E-state index contributed by atoms with van der Waals surface area (Å²) in [6, 6.07) is 1.84. The Morgan fingerprint density at radius 1 is 1.50 bits per heavy atom. The van der Waals surface area contributed by atoms with Crippen LogP contribution in [0.3, 0.4) is 0 Å².